The summed E-state index contributed by atoms with van der Waals surface area (Å²) < 4.78 is 40.8. The summed E-state index contributed by atoms with van der Waals surface area (Å²) in [5.74, 6) is -0.0885. The number of anilines is 1. The molecule has 1 saturated carbocycles. The predicted octanol–water partition coefficient (Wildman–Crippen LogP) is 6.15. The smallest absolute Gasteiger partial charge is 0.286 e. The molecular weight excluding hydrogens is 690 g/mol. The quantitative estimate of drug-likeness (QED) is 0.317. The van der Waals surface area contributed by atoms with E-state index < -0.39 is 21.7 Å². The van der Waals surface area contributed by atoms with Gasteiger partial charge in [-0.2, -0.15) is 0 Å². The number of hydrogen-bond acceptors (Lipinski definition) is 8. The molecule has 2 bridgehead atoms. The van der Waals surface area contributed by atoms with E-state index in [0.29, 0.717) is 37.2 Å². The van der Waals surface area contributed by atoms with E-state index in [9.17, 15) is 13.8 Å². The van der Waals surface area contributed by atoms with E-state index in [0.717, 1.165) is 49.4 Å². The van der Waals surface area contributed by atoms with Gasteiger partial charge < -0.3 is 19.1 Å². The Hall–Kier alpha value is -3.87. The van der Waals surface area contributed by atoms with E-state index in [-0.39, 0.29) is 40.2 Å². The summed E-state index contributed by atoms with van der Waals surface area (Å²) in [6.07, 6.45) is 11.2. The van der Waals surface area contributed by atoms with Gasteiger partial charge in [0.15, 0.2) is 0 Å². The molecule has 13 heteroatoms. The molecule has 2 aliphatic carbocycles. The average molecular weight is 736 g/mol. The maximum atomic E-state index is 14.6. The SMILES string of the molecule is COc1nn(C)cc1C(=O)NS1(=O)=NC(=O)c2ccc3c(c2)N(C[C@@H]2CC[C@H]2[C@@H](OC)/C=C\C[C@H](C)C1)C[C@@]1(CCCc2cc(Cl)ccc21)CO3. The molecule has 51 heavy (non-hydrogen) atoms. The molecule has 3 heterocycles. The fraction of sp³-hybridized carbons (Fsp3) is 0.500. The number of allylic oxidation sites excluding steroid dienone is 1. The van der Waals surface area contributed by atoms with Gasteiger partial charge in [0.05, 0.1) is 31.3 Å². The Morgan fingerprint density at radius 3 is 2.78 bits per heavy atom. The maximum Gasteiger partial charge on any atom is 0.286 e. The second-order valence-corrected chi connectivity index (χ2v) is 17.1. The highest BCUT2D eigenvalue weighted by atomic mass is 35.5. The van der Waals surface area contributed by atoms with Gasteiger partial charge in [-0.15, -0.1) is 9.46 Å². The topological polar surface area (TPSA) is 124 Å². The summed E-state index contributed by atoms with van der Waals surface area (Å²) in [5, 5.41) is 4.88. The molecule has 0 saturated heterocycles. The minimum Gasteiger partial charge on any atom is -0.490 e. The zero-order valence-corrected chi connectivity index (χ0v) is 31.2. The van der Waals surface area contributed by atoms with Gasteiger partial charge in [-0.1, -0.05) is 36.7 Å². The molecule has 272 valence electrons. The summed E-state index contributed by atoms with van der Waals surface area (Å²) in [6, 6.07) is 11.5. The zero-order chi connectivity index (χ0) is 35.9. The molecule has 3 aromatic rings. The number of aryl methyl sites for hydroxylation is 2. The van der Waals surface area contributed by atoms with E-state index in [1.807, 2.05) is 25.1 Å². The second kappa shape index (κ2) is 14.3. The molecule has 1 spiro atoms. The molecule has 11 nitrogen and oxygen atoms in total. The Labute approximate surface area is 305 Å². The maximum absolute atomic E-state index is 14.6. The molecule has 6 atom stereocenters. The van der Waals surface area contributed by atoms with Crippen LogP contribution in [-0.4, -0.2) is 71.6 Å². The van der Waals surface area contributed by atoms with Crippen LogP contribution in [0.1, 0.15) is 70.9 Å². The molecule has 1 unspecified atom stereocenters. The Kier molecular flexibility index (Phi) is 9.94. The van der Waals surface area contributed by atoms with Crippen LogP contribution in [0.4, 0.5) is 5.69 Å². The molecule has 7 rings (SSSR count). The first kappa shape index (κ1) is 35.5. The first-order valence-corrected chi connectivity index (χ1v) is 19.7. The predicted molar refractivity (Wildman–Crippen MR) is 197 cm³/mol. The third kappa shape index (κ3) is 7.15. The van der Waals surface area contributed by atoms with Crippen LogP contribution in [0.2, 0.25) is 5.02 Å². The lowest BCUT2D eigenvalue weighted by atomic mass is 9.68. The highest BCUT2D eigenvalue weighted by Gasteiger charge is 2.44. The highest BCUT2D eigenvalue weighted by Crippen LogP contribution is 2.47. The van der Waals surface area contributed by atoms with Gasteiger partial charge >= 0.3 is 0 Å². The third-order valence-corrected chi connectivity index (χ3v) is 13.2. The van der Waals surface area contributed by atoms with E-state index >= 15 is 0 Å². The number of carbonyl (C=O) groups is 2. The Morgan fingerprint density at radius 2 is 2.02 bits per heavy atom. The number of fused-ring (bicyclic) bond motifs is 4. The van der Waals surface area contributed by atoms with Crippen LogP contribution in [0.3, 0.4) is 0 Å². The van der Waals surface area contributed by atoms with Crippen molar-refractivity contribution in [3.05, 3.63) is 82.0 Å². The normalized spacial score (nSPS) is 29.7. The number of aromatic nitrogens is 2. The van der Waals surface area contributed by atoms with Gasteiger partial charge in [0.2, 0.25) is 5.88 Å². The molecular formula is C38H46ClN5O6S. The van der Waals surface area contributed by atoms with Gasteiger partial charge in [-0.25, -0.2) is 4.21 Å². The van der Waals surface area contributed by atoms with Crippen molar-refractivity contribution in [2.75, 3.05) is 44.6 Å². The Bertz CT molecular complexity index is 1990. The van der Waals surface area contributed by atoms with Gasteiger partial charge in [0.25, 0.3) is 11.8 Å². The number of halogens is 1. The largest absolute Gasteiger partial charge is 0.490 e. The number of amides is 2. The number of nitrogens with one attached hydrogen (secondary N) is 1. The lowest BCUT2D eigenvalue weighted by Gasteiger charge is -2.46. The molecule has 1 N–H and O–H groups in total. The zero-order valence-electron chi connectivity index (χ0n) is 29.6. The summed E-state index contributed by atoms with van der Waals surface area (Å²) in [6.45, 7) is 3.90. The summed E-state index contributed by atoms with van der Waals surface area (Å²) in [5.41, 5.74) is 3.43. The summed E-state index contributed by atoms with van der Waals surface area (Å²) in [7, 11) is 1.22. The summed E-state index contributed by atoms with van der Waals surface area (Å²) in [4.78, 5) is 29.9. The van der Waals surface area contributed by atoms with Crippen molar-refractivity contribution in [3.8, 4) is 11.6 Å². The molecule has 2 aliphatic heterocycles. The standard InChI is InChI=1S/C38H46ClN5O6S/c1-24-7-5-9-33(48-3)29-13-10-27(29)19-44-22-38(16-6-8-25-17-28(39)12-14-31(25)38)23-50-34-15-11-26(18-32(34)44)35(45)41-51(47,21-24)42-36(46)30-20-43(2)40-37(30)49-4/h5,9,11-12,14-15,17-18,20,24,27,29,33H,6-8,10,13,16,19,21-23H2,1-4H3,(H,41,42,45,46,47)/b9-5-/t24-,27-,29+,33-,38-,51?/m0/s1. The first-order valence-electron chi connectivity index (χ1n) is 17.7. The van der Waals surface area contributed by atoms with Crippen molar-refractivity contribution in [1.82, 2.24) is 14.5 Å². The lowest BCUT2D eigenvalue weighted by molar-refractivity contribution is 0.0131. The second-order valence-electron chi connectivity index (χ2n) is 14.6. The molecule has 0 radical (unpaired) electrons. The lowest BCUT2D eigenvalue weighted by Crippen LogP contribution is -2.49. The van der Waals surface area contributed by atoms with Gasteiger partial charge in [-0.3, -0.25) is 19.0 Å². The van der Waals surface area contributed by atoms with Gasteiger partial charge in [0.1, 0.15) is 21.2 Å². The van der Waals surface area contributed by atoms with E-state index in [4.69, 9.17) is 25.8 Å². The van der Waals surface area contributed by atoms with Gasteiger partial charge in [0, 0.05) is 49.4 Å². The third-order valence-electron chi connectivity index (χ3n) is 11.0. The van der Waals surface area contributed by atoms with Gasteiger partial charge in [-0.05, 0) is 97.7 Å². The van der Waals surface area contributed by atoms with Crippen molar-refractivity contribution in [3.63, 3.8) is 0 Å². The number of hydrogen-bond donors (Lipinski definition) is 1. The Morgan fingerprint density at radius 1 is 1.18 bits per heavy atom. The first-order chi connectivity index (χ1) is 24.5. The van der Waals surface area contributed by atoms with Crippen molar-refractivity contribution in [1.29, 1.82) is 0 Å². The summed E-state index contributed by atoms with van der Waals surface area (Å²) >= 11 is 6.45. The van der Waals surface area contributed by atoms with Crippen LogP contribution >= 0.6 is 11.6 Å². The van der Waals surface area contributed by atoms with Crippen molar-refractivity contribution in [2.45, 2.75) is 57.0 Å². The van der Waals surface area contributed by atoms with E-state index in [2.05, 4.69) is 43.4 Å². The van der Waals surface area contributed by atoms with Crippen molar-refractivity contribution >= 4 is 39.0 Å². The molecule has 2 aromatic carbocycles. The number of methoxy groups -OCH3 is 2. The molecule has 4 aliphatic rings. The number of rotatable bonds is 4. The Balaban J connectivity index is 1.31. The van der Waals surface area contributed by atoms with Crippen LogP contribution in [-0.2, 0) is 33.5 Å². The monoisotopic (exact) mass is 735 g/mol. The minimum atomic E-state index is -3.59. The van der Waals surface area contributed by atoms with E-state index in [1.54, 1.807) is 20.2 Å². The number of nitrogens with zero attached hydrogens (tertiary/aromatic N) is 4. The minimum absolute atomic E-state index is 0.0345. The van der Waals surface area contributed by atoms with Crippen LogP contribution in [0.25, 0.3) is 0 Å². The molecule has 1 aromatic heterocycles. The fourth-order valence-corrected chi connectivity index (χ4v) is 10.4. The van der Waals surface area contributed by atoms with Crippen LogP contribution < -0.4 is 19.1 Å². The van der Waals surface area contributed by atoms with Crippen LogP contribution in [0, 0.1) is 17.8 Å². The molecule has 1 fully saturated rings. The number of benzene rings is 2. The highest BCUT2D eigenvalue weighted by molar-refractivity contribution is 7.92. The average Bonchev–Trinajstić information content (AvgIpc) is 3.40. The number of ether oxygens (including phenoxy) is 3. The van der Waals surface area contributed by atoms with Crippen LogP contribution in [0.15, 0.2) is 59.1 Å². The van der Waals surface area contributed by atoms with Crippen molar-refractivity contribution < 1.29 is 28.0 Å². The van der Waals surface area contributed by atoms with Crippen LogP contribution in [0.5, 0.6) is 11.6 Å². The van der Waals surface area contributed by atoms with E-state index in [1.165, 1.54) is 29.1 Å². The van der Waals surface area contributed by atoms with Crippen molar-refractivity contribution in [2.24, 2.45) is 29.2 Å². The fourth-order valence-electron chi connectivity index (χ4n) is 8.34. The number of carbonyl (C=O) groups excluding carboxylic acids is 2. The molecule has 2 amide bonds.